The number of hydrogen-bond donors (Lipinski definition) is 3. The maximum atomic E-state index is 14.2. The summed E-state index contributed by atoms with van der Waals surface area (Å²) in [5.41, 5.74) is 2.30. The zero-order valence-corrected chi connectivity index (χ0v) is 29.0. The second-order valence-electron chi connectivity index (χ2n) is 15.1. The van der Waals surface area contributed by atoms with Crippen LogP contribution in [-0.2, 0) is 22.3 Å². The molecule has 4 aromatic rings. The van der Waals surface area contributed by atoms with Crippen molar-refractivity contribution in [2.75, 3.05) is 50.6 Å². The first-order chi connectivity index (χ1) is 24.9. The first kappa shape index (κ1) is 34.5. The van der Waals surface area contributed by atoms with Crippen LogP contribution in [0.25, 0.3) is 22.4 Å². The third kappa shape index (κ3) is 6.71. The van der Waals surface area contributed by atoms with Gasteiger partial charge in [-0.2, -0.15) is 18.2 Å². The molecule has 274 valence electrons. The van der Waals surface area contributed by atoms with E-state index in [0.717, 1.165) is 50.4 Å². The second kappa shape index (κ2) is 13.1. The zero-order chi connectivity index (χ0) is 36.4. The van der Waals surface area contributed by atoms with Crippen molar-refractivity contribution in [2.45, 2.75) is 57.2 Å². The van der Waals surface area contributed by atoms with Gasteiger partial charge in [-0.25, -0.2) is 4.98 Å². The lowest BCUT2D eigenvalue weighted by Crippen LogP contribution is -2.37. The summed E-state index contributed by atoms with van der Waals surface area (Å²) in [6, 6.07) is 6.34. The standard InChI is InChI=1S/C37H41F3N8O4/c1-47(18-36(19-52-2)9-3-4-10-36)28-12-27(22-11-25(37(38,39)40)30(42-14-22)21-6-7-21)43-32-31(28)44-35(45-32)46-33(49)26-8-5-20(13-41-26)15-48-16-23-24(17-48)29(23)34(50)51/h5,8,11-14,21,23-24,29H,3-4,6-7,9-10,15-19H2,1-2H3,(H,50,51)(H2,43,44,45,46,49)/t23-,24+,29?. The molecule has 0 aromatic carbocycles. The maximum Gasteiger partial charge on any atom is 0.418 e. The number of carbonyl (C=O) groups excluding carboxylic acids is 1. The number of pyridine rings is 3. The normalized spacial score (nSPS) is 22.4. The lowest BCUT2D eigenvalue weighted by Gasteiger charge is -2.34. The molecular weight excluding hydrogens is 677 g/mol. The van der Waals surface area contributed by atoms with E-state index < -0.39 is 23.6 Å². The number of halogens is 3. The molecule has 15 heteroatoms. The van der Waals surface area contributed by atoms with Crippen LogP contribution in [-0.4, -0.2) is 87.2 Å². The molecule has 4 aliphatic rings. The highest BCUT2D eigenvalue weighted by atomic mass is 19.4. The minimum absolute atomic E-state index is 0.0743. The number of likely N-dealkylation sites (tertiary alicyclic amines) is 1. The zero-order valence-electron chi connectivity index (χ0n) is 29.0. The van der Waals surface area contributed by atoms with Crippen molar-refractivity contribution in [3.8, 4) is 11.3 Å². The van der Waals surface area contributed by atoms with Gasteiger partial charge in [0.05, 0.1) is 35.2 Å². The van der Waals surface area contributed by atoms with Gasteiger partial charge in [-0.15, -0.1) is 0 Å². The monoisotopic (exact) mass is 718 g/mol. The van der Waals surface area contributed by atoms with Crippen LogP contribution in [0.2, 0.25) is 0 Å². The number of piperidine rings is 1. The number of aromatic nitrogens is 5. The van der Waals surface area contributed by atoms with E-state index in [1.165, 1.54) is 6.20 Å². The smallest absolute Gasteiger partial charge is 0.418 e. The lowest BCUT2D eigenvalue weighted by molar-refractivity contribution is -0.140. The third-order valence-corrected chi connectivity index (χ3v) is 11.3. The van der Waals surface area contributed by atoms with E-state index in [4.69, 9.17) is 4.74 Å². The fourth-order valence-electron chi connectivity index (χ4n) is 8.56. The van der Waals surface area contributed by atoms with Gasteiger partial charge in [0, 0.05) is 69.6 Å². The Morgan fingerprint density at radius 1 is 1.10 bits per heavy atom. The number of nitrogens with one attached hydrogen (secondary N) is 2. The number of anilines is 2. The Morgan fingerprint density at radius 2 is 1.85 bits per heavy atom. The molecule has 1 saturated heterocycles. The van der Waals surface area contributed by atoms with E-state index in [-0.39, 0.29) is 63.3 Å². The number of aromatic amines is 1. The van der Waals surface area contributed by atoms with Crippen molar-refractivity contribution >= 4 is 34.7 Å². The number of carbonyl (C=O) groups is 2. The van der Waals surface area contributed by atoms with Gasteiger partial charge in [0.25, 0.3) is 5.91 Å². The summed E-state index contributed by atoms with van der Waals surface area (Å²) in [6.07, 6.45) is 4.09. The third-order valence-electron chi connectivity index (χ3n) is 11.3. The molecule has 5 heterocycles. The number of rotatable bonds is 12. The molecule has 4 fully saturated rings. The van der Waals surface area contributed by atoms with Gasteiger partial charge >= 0.3 is 12.1 Å². The van der Waals surface area contributed by atoms with Gasteiger partial charge in [-0.3, -0.25) is 29.8 Å². The molecule has 52 heavy (non-hydrogen) atoms. The summed E-state index contributed by atoms with van der Waals surface area (Å²) in [6.45, 7) is 3.32. The van der Waals surface area contributed by atoms with E-state index >= 15 is 0 Å². The number of alkyl halides is 3. The molecule has 3 N–H and O–H groups in total. The first-order valence-corrected chi connectivity index (χ1v) is 17.8. The first-order valence-electron chi connectivity index (χ1n) is 17.8. The SMILES string of the molecule is COCC1(CN(C)c2cc(-c3cnc(C4CC4)c(C(F)(F)F)c3)nc3nc(NC(=O)c4ccc(CN5C[C@@H]6C(C(=O)O)[C@@H]6C5)cn4)[nH]c23)CCCC1. The Bertz CT molecular complexity index is 2000. The predicted octanol–water partition coefficient (Wildman–Crippen LogP) is 5.97. The number of carboxylic acids is 1. The molecule has 1 unspecified atom stereocenters. The van der Waals surface area contributed by atoms with Gasteiger partial charge in [0.15, 0.2) is 5.65 Å². The lowest BCUT2D eigenvalue weighted by atomic mass is 9.86. The fraction of sp³-hybridized carbons (Fsp3) is 0.514. The van der Waals surface area contributed by atoms with Gasteiger partial charge in [0.1, 0.15) is 11.2 Å². The molecule has 1 amide bonds. The molecule has 3 atom stereocenters. The van der Waals surface area contributed by atoms with Gasteiger partial charge < -0.3 is 19.7 Å². The number of hydrogen-bond acceptors (Lipinski definition) is 9. The van der Waals surface area contributed by atoms with Gasteiger partial charge in [0.2, 0.25) is 5.95 Å². The topological polar surface area (TPSA) is 149 Å². The molecule has 3 saturated carbocycles. The summed E-state index contributed by atoms with van der Waals surface area (Å²) in [7, 11) is 3.63. The van der Waals surface area contributed by atoms with Crippen molar-refractivity contribution in [1.82, 2.24) is 29.8 Å². The molecule has 0 spiro atoms. The summed E-state index contributed by atoms with van der Waals surface area (Å²) < 4.78 is 48.2. The predicted molar refractivity (Wildman–Crippen MR) is 186 cm³/mol. The number of methoxy groups -OCH3 is 1. The maximum absolute atomic E-state index is 14.2. The van der Waals surface area contributed by atoms with Crippen molar-refractivity contribution in [3.63, 3.8) is 0 Å². The number of amides is 1. The average Bonchev–Trinajstić information content (AvgIpc) is 3.91. The van der Waals surface area contributed by atoms with Crippen molar-refractivity contribution in [1.29, 1.82) is 0 Å². The average molecular weight is 719 g/mol. The highest BCUT2D eigenvalue weighted by Gasteiger charge is 2.59. The summed E-state index contributed by atoms with van der Waals surface area (Å²) in [5, 5.41) is 12.1. The van der Waals surface area contributed by atoms with Crippen LogP contribution in [0.5, 0.6) is 0 Å². The van der Waals surface area contributed by atoms with Crippen LogP contribution >= 0.6 is 0 Å². The van der Waals surface area contributed by atoms with Gasteiger partial charge in [-0.05, 0) is 61.3 Å². The van der Waals surface area contributed by atoms with Crippen molar-refractivity contribution < 1.29 is 32.6 Å². The van der Waals surface area contributed by atoms with Crippen molar-refractivity contribution in [2.24, 2.45) is 23.2 Å². The summed E-state index contributed by atoms with van der Waals surface area (Å²) >= 11 is 0. The number of H-pyrrole nitrogens is 1. The molecule has 8 rings (SSSR count). The minimum atomic E-state index is -4.56. The molecule has 1 aliphatic heterocycles. The fourth-order valence-corrected chi connectivity index (χ4v) is 8.56. The number of nitrogens with zero attached hydrogens (tertiary/aromatic N) is 6. The number of ether oxygens (including phenoxy) is 1. The highest BCUT2D eigenvalue weighted by molar-refractivity contribution is 6.03. The van der Waals surface area contributed by atoms with Crippen LogP contribution in [0.3, 0.4) is 0 Å². The van der Waals surface area contributed by atoms with Crippen molar-refractivity contribution in [3.05, 3.63) is 59.2 Å². The van der Waals surface area contributed by atoms with Crippen LogP contribution < -0.4 is 10.2 Å². The number of aliphatic carboxylic acids is 1. The molecule has 0 radical (unpaired) electrons. The quantitative estimate of drug-likeness (QED) is 0.160. The van der Waals surface area contributed by atoms with E-state index in [0.29, 0.717) is 43.7 Å². The van der Waals surface area contributed by atoms with E-state index in [9.17, 15) is 27.9 Å². The van der Waals surface area contributed by atoms with Crippen LogP contribution in [0, 0.1) is 23.2 Å². The highest BCUT2D eigenvalue weighted by Crippen LogP contribution is 2.52. The molecule has 3 aliphatic carbocycles. The number of fused-ring (bicyclic) bond motifs is 2. The number of carboxylic acid groups (broad SMARTS) is 1. The Hall–Kier alpha value is -4.63. The summed E-state index contributed by atoms with van der Waals surface area (Å²) in [5.74, 6) is -1.08. The van der Waals surface area contributed by atoms with Crippen LogP contribution in [0.1, 0.15) is 71.8 Å². The second-order valence-corrected chi connectivity index (χ2v) is 15.1. The molecule has 12 nitrogen and oxygen atoms in total. The van der Waals surface area contributed by atoms with Crippen LogP contribution in [0.4, 0.5) is 24.8 Å². The van der Waals surface area contributed by atoms with Gasteiger partial charge in [-0.1, -0.05) is 18.9 Å². The summed E-state index contributed by atoms with van der Waals surface area (Å²) in [4.78, 5) is 49.9. The van der Waals surface area contributed by atoms with E-state index in [1.807, 2.05) is 13.1 Å². The van der Waals surface area contributed by atoms with E-state index in [2.05, 4.69) is 40.0 Å². The number of imidazole rings is 1. The minimum Gasteiger partial charge on any atom is -0.481 e. The Kier molecular flexibility index (Phi) is 8.68. The Labute approximate surface area is 298 Å². The van der Waals surface area contributed by atoms with Crippen LogP contribution in [0.15, 0.2) is 36.7 Å². The molecule has 0 bridgehead atoms. The largest absolute Gasteiger partial charge is 0.481 e. The Morgan fingerprint density at radius 3 is 2.48 bits per heavy atom. The van der Waals surface area contributed by atoms with E-state index in [1.54, 1.807) is 25.4 Å². The molecular formula is C37H41F3N8O4. The molecule has 4 aromatic heterocycles. The Balaban J connectivity index is 1.06.